The minimum Gasteiger partial charge on any atom is -0.475 e. The molecule has 1 aliphatic rings. The number of nitrogen functional groups attached to an aromatic ring is 1. The van der Waals surface area contributed by atoms with Crippen LogP contribution in [0.5, 0.6) is 0 Å². The molecule has 18 nitrogen and oxygen atoms in total. The Bertz CT molecular complexity index is 1240. The van der Waals surface area contributed by atoms with Gasteiger partial charge in [0.15, 0.2) is 17.4 Å². The Morgan fingerprint density at radius 1 is 1.30 bits per heavy atom. The first kappa shape index (κ1) is 25.0. The highest BCUT2D eigenvalue weighted by molar-refractivity contribution is 7.61. The quantitative estimate of drug-likeness (QED) is 0.110. The first-order chi connectivity index (χ1) is 15.2. The predicted octanol–water partition coefficient (Wildman–Crippen LogP) is -1.83. The van der Waals surface area contributed by atoms with Crippen LogP contribution < -0.4 is 11.3 Å². The van der Waals surface area contributed by atoms with Gasteiger partial charge in [0, 0.05) is 0 Å². The van der Waals surface area contributed by atoms with Gasteiger partial charge in [-0.15, -0.1) is 0 Å². The fourth-order valence-corrected chi connectivity index (χ4v) is 4.80. The molecule has 1 aliphatic heterocycles. The van der Waals surface area contributed by atoms with E-state index in [0.29, 0.717) is 0 Å². The molecule has 0 spiro atoms. The van der Waals surface area contributed by atoms with Crippen molar-refractivity contribution in [3.63, 3.8) is 0 Å². The molecular formula is C13H17N5O13P2. The Kier molecular flexibility index (Phi) is 6.77. The number of imidazole rings is 1. The number of aromatic amines is 1. The van der Waals surface area contributed by atoms with Crippen LogP contribution in [0.15, 0.2) is 23.5 Å². The standard InChI is InChI=1S/C13H17N5O13P2/c1-4(12(22)23)30-33(26,27)31-32(24,25)28-2-5-7(19)8(20)11(29-5)18-3-15-6-9(18)16-13(14)17-10(6)21/h3,5,7-8,11,19-20H,1-2H2,(H,22,23)(H,24,25)(H,26,27)(H3,14,16,17,21)/t5-,7-,8-,11-/m1/s1. The fraction of sp³-hybridized carbons (Fsp3) is 0.385. The Labute approximate surface area is 182 Å². The number of carboxylic acids is 1. The first-order valence-corrected chi connectivity index (χ1v) is 11.6. The predicted molar refractivity (Wildman–Crippen MR) is 103 cm³/mol. The summed E-state index contributed by atoms with van der Waals surface area (Å²) in [5, 5.41) is 29.1. The molecule has 2 aromatic rings. The fourth-order valence-electron chi connectivity index (χ4n) is 2.74. The molecule has 33 heavy (non-hydrogen) atoms. The normalized spacial score (nSPS) is 26.5. The van der Waals surface area contributed by atoms with Gasteiger partial charge in [-0.05, 0) is 6.58 Å². The van der Waals surface area contributed by atoms with Crippen molar-refractivity contribution in [2.75, 3.05) is 12.3 Å². The molecule has 2 unspecified atom stereocenters. The third kappa shape index (κ3) is 5.47. The summed E-state index contributed by atoms with van der Waals surface area (Å²) >= 11 is 0. The van der Waals surface area contributed by atoms with Gasteiger partial charge in [0.05, 0.1) is 12.9 Å². The zero-order valence-corrected chi connectivity index (χ0v) is 17.9. The maximum Gasteiger partial charge on any atom is 0.536 e. The molecular weight excluding hydrogens is 496 g/mol. The summed E-state index contributed by atoms with van der Waals surface area (Å²) < 4.78 is 42.5. The van der Waals surface area contributed by atoms with E-state index < -0.39 is 64.1 Å². The molecule has 0 saturated carbocycles. The number of aliphatic hydroxyl groups is 2. The molecule has 0 radical (unpaired) electrons. The number of anilines is 1. The number of hydrogen-bond donors (Lipinski definition) is 7. The molecule has 182 valence electrons. The van der Waals surface area contributed by atoms with Gasteiger partial charge in [-0.2, -0.15) is 9.29 Å². The summed E-state index contributed by atoms with van der Waals surface area (Å²) in [7, 11) is -10.8. The van der Waals surface area contributed by atoms with Crippen molar-refractivity contribution < 1.29 is 57.1 Å². The maximum absolute atomic E-state index is 11.9. The van der Waals surface area contributed by atoms with E-state index in [1.54, 1.807) is 0 Å². The van der Waals surface area contributed by atoms with Gasteiger partial charge in [-0.25, -0.2) is 18.9 Å². The number of nitrogens with zero attached hydrogens (tertiary/aromatic N) is 3. The van der Waals surface area contributed by atoms with Gasteiger partial charge < -0.3 is 35.2 Å². The van der Waals surface area contributed by atoms with Crippen LogP contribution in [0.25, 0.3) is 11.2 Å². The molecule has 0 amide bonds. The van der Waals surface area contributed by atoms with Crippen LogP contribution in [0.2, 0.25) is 0 Å². The molecule has 2 aromatic heterocycles. The summed E-state index contributed by atoms with van der Waals surface area (Å²) in [4.78, 5) is 51.4. The maximum atomic E-state index is 11.9. The number of aliphatic carboxylic acids is 1. The molecule has 1 saturated heterocycles. The Hall–Kier alpha value is -2.66. The van der Waals surface area contributed by atoms with Crippen molar-refractivity contribution in [2.24, 2.45) is 0 Å². The third-order valence-electron chi connectivity index (χ3n) is 4.13. The van der Waals surface area contributed by atoms with Gasteiger partial charge in [0.2, 0.25) is 11.7 Å². The minimum absolute atomic E-state index is 0.0951. The molecule has 0 aromatic carbocycles. The number of H-pyrrole nitrogens is 1. The van der Waals surface area contributed by atoms with Crippen LogP contribution in [0.4, 0.5) is 5.95 Å². The van der Waals surface area contributed by atoms with E-state index in [1.165, 1.54) is 0 Å². The van der Waals surface area contributed by atoms with E-state index in [-0.39, 0.29) is 17.1 Å². The second kappa shape index (κ2) is 8.94. The molecule has 1 fully saturated rings. The number of phosphoric acid groups is 2. The highest BCUT2D eigenvalue weighted by Gasteiger charge is 2.46. The van der Waals surface area contributed by atoms with Crippen LogP contribution in [-0.2, 0) is 32.0 Å². The van der Waals surface area contributed by atoms with Crippen molar-refractivity contribution >= 4 is 38.7 Å². The lowest BCUT2D eigenvalue weighted by molar-refractivity contribution is -0.135. The average Bonchev–Trinajstić information content (AvgIpc) is 3.20. The Balaban J connectivity index is 1.70. The molecule has 3 rings (SSSR count). The summed E-state index contributed by atoms with van der Waals surface area (Å²) in [5.41, 5.74) is 4.57. The van der Waals surface area contributed by atoms with Gasteiger partial charge in [-0.3, -0.25) is 23.8 Å². The zero-order chi connectivity index (χ0) is 24.7. The van der Waals surface area contributed by atoms with E-state index in [4.69, 9.17) is 15.6 Å². The smallest absolute Gasteiger partial charge is 0.475 e. The van der Waals surface area contributed by atoms with Crippen LogP contribution >= 0.6 is 15.6 Å². The highest BCUT2D eigenvalue weighted by atomic mass is 31.3. The average molecular weight is 513 g/mol. The molecule has 0 bridgehead atoms. The van der Waals surface area contributed by atoms with Crippen molar-refractivity contribution in [3.8, 4) is 0 Å². The monoisotopic (exact) mass is 513 g/mol. The summed E-state index contributed by atoms with van der Waals surface area (Å²) in [5.74, 6) is -3.35. The number of hydrogen-bond acceptors (Lipinski definition) is 13. The lowest BCUT2D eigenvalue weighted by atomic mass is 10.1. The Morgan fingerprint density at radius 3 is 2.61 bits per heavy atom. The summed E-state index contributed by atoms with van der Waals surface area (Å²) in [6.07, 6.45) is -5.18. The number of rotatable bonds is 9. The van der Waals surface area contributed by atoms with E-state index in [2.05, 4.69) is 34.9 Å². The van der Waals surface area contributed by atoms with E-state index in [1.807, 2.05) is 0 Å². The topological polar surface area (TPSA) is 279 Å². The van der Waals surface area contributed by atoms with Crippen molar-refractivity contribution in [1.29, 1.82) is 0 Å². The molecule has 8 N–H and O–H groups in total. The number of nitrogens with two attached hydrogens (primary N) is 1. The number of nitrogens with one attached hydrogen (secondary N) is 1. The number of phosphoric ester groups is 2. The van der Waals surface area contributed by atoms with Crippen molar-refractivity contribution in [1.82, 2.24) is 19.5 Å². The SMILES string of the molecule is C=C(OP(=O)(O)OP(=O)(O)OC[C@H]1O[C@@H](n2cnc3c(=O)[nH]c(N)nc32)[C@H](O)[C@@H]1O)C(=O)O. The molecule has 20 heteroatoms. The summed E-state index contributed by atoms with van der Waals surface area (Å²) in [6, 6.07) is 0. The number of fused-ring (bicyclic) bond motifs is 1. The number of aromatic nitrogens is 4. The molecule has 6 atom stereocenters. The number of carbonyl (C=O) groups is 1. The van der Waals surface area contributed by atoms with E-state index in [0.717, 1.165) is 10.9 Å². The van der Waals surface area contributed by atoms with Gasteiger partial charge in [0.25, 0.3) is 5.56 Å². The number of aliphatic hydroxyl groups excluding tert-OH is 2. The van der Waals surface area contributed by atoms with Crippen LogP contribution in [0.1, 0.15) is 6.23 Å². The first-order valence-electron chi connectivity index (χ1n) is 8.58. The van der Waals surface area contributed by atoms with Crippen LogP contribution in [0.3, 0.4) is 0 Å². The molecule has 3 heterocycles. The molecule has 0 aliphatic carbocycles. The van der Waals surface area contributed by atoms with Gasteiger partial charge >= 0.3 is 21.6 Å². The van der Waals surface area contributed by atoms with E-state index >= 15 is 0 Å². The van der Waals surface area contributed by atoms with Crippen molar-refractivity contribution in [3.05, 3.63) is 29.0 Å². The van der Waals surface area contributed by atoms with Gasteiger partial charge in [0.1, 0.15) is 18.3 Å². The Morgan fingerprint density at radius 2 is 1.97 bits per heavy atom. The van der Waals surface area contributed by atoms with Crippen molar-refractivity contribution in [2.45, 2.75) is 24.5 Å². The van der Waals surface area contributed by atoms with Gasteiger partial charge in [-0.1, -0.05) is 0 Å². The third-order valence-corrected chi connectivity index (χ3v) is 6.71. The van der Waals surface area contributed by atoms with E-state index in [9.17, 15) is 38.7 Å². The second-order valence-electron chi connectivity index (χ2n) is 6.46. The lowest BCUT2D eigenvalue weighted by Crippen LogP contribution is -2.33. The van der Waals surface area contributed by atoms with Crippen LogP contribution in [-0.4, -0.2) is 75.5 Å². The second-order valence-corrected chi connectivity index (χ2v) is 9.42. The van der Waals surface area contributed by atoms with Crippen LogP contribution in [0, 0.1) is 0 Å². The zero-order valence-electron chi connectivity index (χ0n) is 16.1. The number of carboxylic acid groups (broad SMARTS) is 1. The minimum atomic E-state index is -5.44. The summed E-state index contributed by atoms with van der Waals surface area (Å²) in [6.45, 7) is 1.84. The highest BCUT2D eigenvalue weighted by Crippen LogP contribution is 2.61. The lowest BCUT2D eigenvalue weighted by Gasteiger charge is -2.19. The number of ether oxygens (including phenoxy) is 1. The largest absolute Gasteiger partial charge is 0.536 e.